The monoisotopic (exact) mass is 347 g/mol. The topological polar surface area (TPSA) is 72.4 Å². The molecule has 0 N–H and O–H groups in total. The van der Waals surface area contributed by atoms with Crippen LogP contribution in [0.1, 0.15) is 24.0 Å². The number of aromatic nitrogens is 2. The van der Waals surface area contributed by atoms with E-state index in [4.69, 9.17) is 4.74 Å². The van der Waals surface area contributed by atoms with Gasteiger partial charge in [0.2, 0.25) is 10.0 Å². The molecule has 0 bridgehead atoms. The van der Waals surface area contributed by atoms with E-state index in [1.54, 1.807) is 28.8 Å². The Hall–Kier alpha value is -1.99. The Labute approximate surface area is 142 Å². The van der Waals surface area contributed by atoms with Crippen LogP contribution in [0.4, 0.5) is 0 Å². The van der Waals surface area contributed by atoms with E-state index in [-0.39, 0.29) is 6.10 Å². The van der Waals surface area contributed by atoms with Crippen molar-refractivity contribution >= 4 is 10.0 Å². The quantitative estimate of drug-likeness (QED) is 0.849. The van der Waals surface area contributed by atoms with Gasteiger partial charge in [0.25, 0.3) is 0 Å². The Morgan fingerprint density at radius 2 is 1.79 bits per heavy atom. The highest BCUT2D eigenvalue weighted by atomic mass is 32.2. The number of hydrogen-bond acceptors (Lipinski definition) is 5. The molecule has 1 aliphatic rings. The molecular weight excluding hydrogens is 326 g/mol. The number of rotatable bonds is 4. The smallest absolute Gasteiger partial charge is 0.316 e. The number of ether oxygens (including phenoxy) is 1. The van der Waals surface area contributed by atoms with Gasteiger partial charge in [-0.2, -0.15) is 4.31 Å². The van der Waals surface area contributed by atoms with Crippen molar-refractivity contribution in [2.24, 2.45) is 0 Å². The average Bonchev–Trinajstić information content (AvgIpc) is 2.58. The first-order valence-corrected chi connectivity index (χ1v) is 9.42. The molecule has 1 saturated heterocycles. The van der Waals surface area contributed by atoms with Crippen molar-refractivity contribution < 1.29 is 13.2 Å². The predicted octanol–water partition coefficient (Wildman–Crippen LogP) is 2.33. The van der Waals surface area contributed by atoms with Crippen molar-refractivity contribution in [2.75, 3.05) is 13.1 Å². The number of nitrogens with zero attached hydrogens (tertiary/aromatic N) is 3. The van der Waals surface area contributed by atoms with E-state index >= 15 is 0 Å². The summed E-state index contributed by atoms with van der Waals surface area (Å²) in [5.74, 6) is 0. The minimum absolute atomic E-state index is 0.0579. The maximum absolute atomic E-state index is 12.9. The first-order chi connectivity index (χ1) is 11.5. The fraction of sp³-hybridized carbons (Fsp3) is 0.412. The van der Waals surface area contributed by atoms with Crippen LogP contribution in [0, 0.1) is 13.8 Å². The maximum atomic E-state index is 12.9. The zero-order valence-electron chi connectivity index (χ0n) is 13.8. The number of piperidine rings is 1. The minimum Gasteiger partial charge on any atom is -0.460 e. The van der Waals surface area contributed by atoms with E-state index in [0.717, 1.165) is 11.1 Å². The van der Waals surface area contributed by atoms with Gasteiger partial charge in [-0.1, -0.05) is 12.1 Å². The fourth-order valence-electron chi connectivity index (χ4n) is 2.81. The van der Waals surface area contributed by atoms with E-state index in [9.17, 15) is 8.42 Å². The Balaban J connectivity index is 1.68. The molecule has 0 amide bonds. The van der Waals surface area contributed by atoms with Gasteiger partial charge in [0, 0.05) is 25.5 Å². The number of sulfonamides is 1. The van der Waals surface area contributed by atoms with Gasteiger partial charge in [0.1, 0.15) is 6.10 Å². The van der Waals surface area contributed by atoms with Crippen molar-refractivity contribution in [2.45, 2.75) is 37.7 Å². The zero-order valence-corrected chi connectivity index (χ0v) is 14.7. The molecule has 0 saturated carbocycles. The molecule has 24 heavy (non-hydrogen) atoms. The zero-order chi connectivity index (χ0) is 17.2. The first kappa shape index (κ1) is 16.9. The third kappa shape index (κ3) is 3.57. The second-order valence-electron chi connectivity index (χ2n) is 6.02. The molecule has 2 heterocycles. The van der Waals surface area contributed by atoms with Gasteiger partial charge in [-0.25, -0.2) is 18.4 Å². The van der Waals surface area contributed by atoms with Crippen LogP contribution in [0.2, 0.25) is 0 Å². The summed E-state index contributed by atoms with van der Waals surface area (Å²) in [6.07, 6.45) is 4.45. The number of hydrogen-bond donors (Lipinski definition) is 0. The van der Waals surface area contributed by atoms with Crippen molar-refractivity contribution in [1.29, 1.82) is 0 Å². The van der Waals surface area contributed by atoms with Gasteiger partial charge >= 0.3 is 6.01 Å². The van der Waals surface area contributed by atoms with Crippen molar-refractivity contribution in [1.82, 2.24) is 14.3 Å². The van der Waals surface area contributed by atoms with Crippen LogP contribution in [0.5, 0.6) is 6.01 Å². The lowest BCUT2D eigenvalue weighted by Gasteiger charge is -2.31. The van der Waals surface area contributed by atoms with E-state index in [0.29, 0.717) is 36.8 Å². The van der Waals surface area contributed by atoms with Gasteiger partial charge in [-0.05, 0) is 49.9 Å². The summed E-state index contributed by atoms with van der Waals surface area (Å²) in [5.41, 5.74) is 1.72. The highest BCUT2D eigenvalue weighted by Crippen LogP contribution is 2.25. The van der Waals surface area contributed by atoms with Crippen molar-refractivity contribution in [3.05, 3.63) is 47.8 Å². The third-order valence-electron chi connectivity index (χ3n) is 4.18. The SMILES string of the molecule is Cc1ccc(C)c(S(=O)(=O)N2CCC(Oc3ncccn3)CC2)c1. The molecule has 1 aromatic carbocycles. The van der Waals surface area contributed by atoms with E-state index in [2.05, 4.69) is 9.97 Å². The van der Waals surface area contributed by atoms with Gasteiger partial charge < -0.3 is 4.74 Å². The second-order valence-corrected chi connectivity index (χ2v) is 7.93. The fourth-order valence-corrected chi connectivity index (χ4v) is 4.59. The minimum atomic E-state index is -3.46. The van der Waals surface area contributed by atoms with Gasteiger partial charge in [0.05, 0.1) is 4.90 Å². The first-order valence-electron chi connectivity index (χ1n) is 7.98. The molecule has 0 aliphatic carbocycles. The average molecular weight is 347 g/mol. The van der Waals surface area contributed by atoms with Gasteiger partial charge in [-0.3, -0.25) is 0 Å². The van der Waals surface area contributed by atoms with Crippen LogP contribution in [0.25, 0.3) is 0 Å². The summed E-state index contributed by atoms with van der Waals surface area (Å²) in [4.78, 5) is 8.49. The summed E-state index contributed by atoms with van der Waals surface area (Å²) < 4.78 is 33.0. The number of aryl methyl sites for hydroxylation is 2. The van der Waals surface area contributed by atoms with Crippen LogP contribution in [0.15, 0.2) is 41.6 Å². The van der Waals surface area contributed by atoms with Gasteiger partial charge in [0.15, 0.2) is 0 Å². The van der Waals surface area contributed by atoms with E-state index < -0.39 is 10.0 Å². The number of benzene rings is 1. The van der Waals surface area contributed by atoms with Crippen molar-refractivity contribution in [3.8, 4) is 6.01 Å². The lowest BCUT2D eigenvalue weighted by atomic mass is 10.1. The molecule has 0 atom stereocenters. The van der Waals surface area contributed by atoms with Crippen molar-refractivity contribution in [3.63, 3.8) is 0 Å². The van der Waals surface area contributed by atoms with E-state index in [1.807, 2.05) is 26.0 Å². The predicted molar refractivity (Wildman–Crippen MR) is 90.4 cm³/mol. The molecule has 3 rings (SSSR count). The molecule has 1 aliphatic heterocycles. The molecule has 2 aromatic rings. The molecule has 0 spiro atoms. The standard InChI is InChI=1S/C17H21N3O3S/c1-13-4-5-14(2)16(12-13)24(21,22)20-10-6-15(7-11-20)23-17-18-8-3-9-19-17/h3-5,8-9,12,15H,6-7,10-11H2,1-2H3. The highest BCUT2D eigenvalue weighted by molar-refractivity contribution is 7.89. The summed E-state index contributed by atoms with van der Waals surface area (Å²) in [6.45, 7) is 4.60. The normalized spacial score (nSPS) is 16.9. The summed E-state index contributed by atoms with van der Waals surface area (Å²) in [7, 11) is -3.46. The second kappa shape index (κ2) is 6.86. The molecule has 128 valence electrons. The molecule has 0 radical (unpaired) electrons. The molecule has 1 aromatic heterocycles. The summed E-state index contributed by atoms with van der Waals surface area (Å²) in [5, 5.41) is 0. The lowest BCUT2D eigenvalue weighted by molar-refractivity contribution is 0.124. The van der Waals surface area contributed by atoms with Gasteiger partial charge in [-0.15, -0.1) is 0 Å². The van der Waals surface area contributed by atoms with Crippen LogP contribution in [-0.4, -0.2) is 41.9 Å². The van der Waals surface area contributed by atoms with Crippen LogP contribution >= 0.6 is 0 Å². The molecule has 1 fully saturated rings. The molecule has 7 heteroatoms. The van der Waals surface area contributed by atoms with E-state index in [1.165, 1.54) is 0 Å². The van der Waals surface area contributed by atoms with Crippen LogP contribution < -0.4 is 4.74 Å². The van der Waals surface area contributed by atoms with Crippen LogP contribution in [0.3, 0.4) is 0 Å². The Kier molecular flexibility index (Phi) is 4.82. The Morgan fingerprint density at radius 1 is 1.12 bits per heavy atom. The third-order valence-corrected chi connectivity index (χ3v) is 6.22. The summed E-state index contributed by atoms with van der Waals surface area (Å²) in [6, 6.07) is 7.59. The molecule has 0 unspecified atom stereocenters. The largest absolute Gasteiger partial charge is 0.460 e. The highest BCUT2D eigenvalue weighted by Gasteiger charge is 2.31. The maximum Gasteiger partial charge on any atom is 0.316 e. The summed E-state index contributed by atoms with van der Waals surface area (Å²) >= 11 is 0. The molecule has 6 nitrogen and oxygen atoms in total. The van der Waals surface area contributed by atoms with Crippen LogP contribution in [-0.2, 0) is 10.0 Å². The lowest BCUT2D eigenvalue weighted by Crippen LogP contribution is -2.42. The molecular formula is C17H21N3O3S. The Morgan fingerprint density at radius 3 is 2.46 bits per heavy atom. The Bertz CT molecular complexity index is 801.